The number of amides is 1. The van der Waals surface area contributed by atoms with E-state index in [9.17, 15) is 23.1 Å². The van der Waals surface area contributed by atoms with Crippen LogP contribution < -0.4 is 10.4 Å². The highest BCUT2D eigenvalue weighted by molar-refractivity contribution is 7.90. The van der Waals surface area contributed by atoms with Gasteiger partial charge in [-0.1, -0.05) is 29.8 Å². The molecule has 0 bridgehead atoms. The molecular weight excluding hydrogens is 342 g/mol. The van der Waals surface area contributed by atoms with Crippen molar-refractivity contribution in [3.63, 3.8) is 0 Å². The second kappa shape index (κ2) is 7.48. The maximum absolute atomic E-state index is 12.4. The van der Waals surface area contributed by atoms with Crippen LogP contribution in [0.4, 0.5) is 0 Å². The Morgan fingerprint density at radius 1 is 1.04 bits per heavy atom. The van der Waals surface area contributed by atoms with Crippen molar-refractivity contribution in [2.75, 3.05) is 6.26 Å². The van der Waals surface area contributed by atoms with Gasteiger partial charge in [-0.15, -0.1) is 0 Å². The zero-order valence-electron chi connectivity index (χ0n) is 13.9. The van der Waals surface area contributed by atoms with E-state index < -0.39 is 27.8 Å². The third-order valence-corrected chi connectivity index (χ3v) is 4.83. The molecule has 25 heavy (non-hydrogen) atoms. The summed E-state index contributed by atoms with van der Waals surface area (Å²) in [5, 5.41) is 13.6. The summed E-state index contributed by atoms with van der Waals surface area (Å²) in [5.74, 6) is -1.77. The standard InChI is InChI=1S/C18H19NO5S/c1-12-3-5-13(6-4-12)16(11-17(20)21)19-18(22)14-7-9-15(10-8-14)25(2,23)24/h3-10,16H,11H2,1-2H3,(H,19,22)(H,20,21)/p-1/t16-/m1/s1. The number of nitrogens with one attached hydrogen (secondary N) is 1. The minimum atomic E-state index is -3.35. The SMILES string of the molecule is Cc1ccc([C@@H](CC(=O)[O-])NC(=O)c2ccc(S(C)(=O)=O)cc2)cc1. The van der Waals surface area contributed by atoms with Gasteiger partial charge in [0.25, 0.3) is 5.91 Å². The molecule has 1 N–H and O–H groups in total. The number of carbonyl (C=O) groups is 2. The number of rotatable bonds is 6. The number of carbonyl (C=O) groups excluding carboxylic acids is 2. The van der Waals surface area contributed by atoms with Crippen LogP contribution in [0.5, 0.6) is 0 Å². The van der Waals surface area contributed by atoms with Crippen LogP contribution in [0.2, 0.25) is 0 Å². The molecule has 2 rings (SSSR count). The van der Waals surface area contributed by atoms with Gasteiger partial charge in [0.1, 0.15) is 0 Å². The lowest BCUT2D eigenvalue weighted by Crippen LogP contribution is -2.34. The van der Waals surface area contributed by atoms with E-state index >= 15 is 0 Å². The molecule has 1 atom stereocenters. The van der Waals surface area contributed by atoms with Gasteiger partial charge < -0.3 is 15.2 Å². The Kier molecular flexibility index (Phi) is 5.58. The van der Waals surface area contributed by atoms with Crippen LogP contribution in [0.3, 0.4) is 0 Å². The molecule has 6 nitrogen and oxygen atoms in total. The first-order chi connectivity index (χ1) is 11.7. The van der Waals surface area contributed by atoms with Crippen molar-refractivity contribution >= 4 is 21.7 Å². The normalized spacial score (nSPS) is 12.4. The van der Waals surface area contributed by atoms with Crippen molar-refractivity contribution in [2.45, 2.75) is 24.3 Å². The summed E-state index contributed by atoms with van der Waals surface area (Å²) in [5.41, 5.74) is 1.90. The average Bonchev–Trinajstić information content (AvgIpc) is 2.54. The van der Waals surface area contributed by atoms with Crippen molar-refractivity contribution < 1.29 is 23.1 Å². The fraction of sp³-hybridized carbons (Fsp3) is 0.222. The number of hydrogen-bond donors (Lipinski definition) is 1. The Bertz CT molecular complexity index is 871. The van der Waals surface area contributed by atoms with Crippen LogP contribution in [0.1, 0.15) is 33.9 Å². The van der Waals surface area contributed by atoms with Crippen molar-refractivity contribution in [3.05, 3.63) is 65.2 Å². The minimum absolute atomic E-state index is 0.105. The van der Waals surface area contributed by atoms with Crippen LogP contribution in [-0.2, 0) is 14.6 Å². The summed E-state index contributed by atoms with van der Waals surface area (Å²) in [6.07, 6.45) is 0.714. The molecule has 0 fully saturated rings. The molecule has 0 saturated heterocycles. The summed E-state index contributed by atoms with van der Waals surface area (Å²) < 4.78 is 22.9. The van der Waals surface area contributed by atoms with E-state index in [4.69, 9.17) is 0 Å². The van der Waals surface area contributed by atoms with E-state index in [1.807, 2.05) is 19.1 Å². The van der Waals surface area contributed by atoms with Gasteiger partial charge >= 0.3 is 0 Å². The number of benzene rings is 2. The summed E-state index contributed by atoms with van der Waals surface area (Å²) in [6.45, 7) is 1.90. The maximum Gasteiger partial charge on any atom is 0.251 e. The van der Waals surface area contributed by atoms with Gasteiger partial charge in [-0.05, 0) is 36.8 Å². The van der Waals surface area contributed by atoms with E-state index in [0.717, 1.165) is 11.8 Å². The third-order valence-electron chi connectivity index (χ3n) is 3.70. The molecular formula is C18H18NO5S-. The van der Waals surface area contributed by atoms with E-state index in [0.29, 0.717) is 5.56 Å². The zero-order valence-corrected chi connectivity index (χ0v) is 14.7. The monoisotopic (exact) mass is 360 g/mol. The van der Waals surface area contributed by atoms with Crippen LogP contribution in [0.15, 0.2) is 53.4 Å². The van der Waals surface area contributed by atoms with Crippen LogP contribution in [0.25, 0.3) is 0 Å². The van der Waals surface area contributed by atoms with E-state index in [2.05, 4.69) is 5.32 Å². The number of carboxylic acids is 1. The predicted octanol–water partition coefficient (Wildman–Crippen LogP) is 1.01. The summed E-state index contributed by atoms with van der Waals surface area (Å²) >= 11 is 0. The minimum Gasteiger partial charge on any atom is -0.550 e. The topological polar surface area (TPSA) is 103 Å². The van der Waals surface area contributed by atoms with Crippen LogP contribution in [0, 0.1) is 6.92 Å². The van der Waals surface area contributed by atoms with Gasteiger partial charge in [0.15, 0.2) is 9.84 Å². The van der Waals surface area contributed by atoms with Gasteiger partial charge in [-0.3, -0.25) is 4.79 Å². The highest BCUT2D eigenvalue weighted by atomic mass is 32.2. The van der Waals surface area contributed by atoms with Crippen molar-refractivity contribution in [2.24, 2.45) is 0 Å². The molecule has 0 aromatic heterocycles. The lowest BCUT2D eigenvalue weighted by molar-refractivity contribution is -0.306. The molecule has 0 saturated carbocycles. The predicted molar refractivity (Wildman–Crippen MR) is 90.6 cm³/mol. The van der Waals surface area contributed by atoms with Gasteiger partial charge in [-0.2, -0.15) is 0 Å². The quantitative estimate of drug-likeness (QED) is 0.828. The van der Waals surface area contributed by atoms with E-state index in [1.54, 1.807) is 12.1 Å². The van der Waals surface area contributed by atoms with Crippen molar-refractivity contribution in [1.29, 1.82) is 0 Å². The fourth-order valence-corrected chi connectivity index (χ4v) is 2.94. The molecule has 0 heterocycles. The van der Waals surface area contributed by atoms with Gasteiger partial charge in [0.05, 0.1) is 10.9 Å². The average molecular weight is 360 g/mol. The summed E-state index contributed by atoms with van der Waals surface area (Å²) in [6, 6.07) is 11.8. The Morgan fingerprint density at radius 3 is 2.08 bits per heavy atom. The summed E-state index contributed by atoms with van der Waals surface area (Å²) in [4.78, 5) is 23.5. The third kappa shape index (κ3) is 5.15. The first-order valence-electron chi connectivity index (χ1n) is 7.54. The number of hydrogen-bond acceptors (Lipinski definition) is 5. The molecule has 2 aromatic rings. The molecule has 132 valence electrons. The molecule has 0 aliphatic carbocycles. The number of aryl methyl sites for hydroxylation is 1. The second-order valence-electron chi connectivity index (χ2n) is 5.81. The van der Waals surface area contributed by atoms with Crippen LogP contribution >= 0.6 is 0 Å². The lowest BCUT2D eigenvalue weighted by Gasteiger charge is -2.20. The van der Waals surface area contributed by atoms with Gasteiger partial charge in [0.2, 0.25) is 0 Å². The first kappa shape index (κ1) is 18.7. The Balaban J connectivity index is 2.21. The van der Waals surface area contributed by atoms with Crippen molar-refractivity contribution in [3.8, 4) is 0 Å². The van der Waals surface area contributed by atoms with E-state index in [-0.39, 0.29) is 16.9 Å². The number of sulfone groups is 1. The zero-order chi connectivity index (χ0) is 18.6. The second-order valence-corrected chi connectivity index (χ2v) is 7.83. The Hall–Kier alpha value is -2.67. The molecule has 0 radical (unpaired) electrons. The number of carboxylic acid groups (broad SMARTS) is 1. The Labute approximate surface area is 146 Å². The van der Waals surface area contributed by atoms with Gasteiger partial charge in [0, 0.05) is 24.2 Å². The highest BCUT2D eigenvalue weighted by Crippen LogP contribution is 2.18. The molecule has 0 aliphatic heterocycles. The largest absolute Gasteiger partial charge is 0.550 e. The lowest BCUT2D eigenvalue weighted by atomic mass is 10.0. The Morgan fingerprint density at radius 2 is 1.60 bits per heavy atom. The number of aliphatic carboxylic acids is 1. The first-order valence-corrected chi connectivity index (χ1v) is 9.43. The smallest absolute Gasteiger partial charge is 0.251 e. The molecule has 2 aromatic carbocycles. The van der Waals surface area contributed by atoms with E-state index in [1.165, 1.54) is 24.3 Å². The molecule has 0 aliphatic rings. The van der Waals surface area contributed by atoms with Crippen LogP contribution in [-0.4, -0.2) is 26.6 Å². The molecule has 0 unspecified atom stereocenters. The van der Waals surface area contributed by atoms with Gasteiger partial charge in [-0.25, -0.2) is 8.42 Å². The molecule has 7 heteroatoms. The maximum atomic E-state index is 12.4. The molecule has 0 spiro atoms. The molecule has 1 amide bonds. The fourth-order valence-electron chi connectivity index (χ4n) is 2.31. The van der Waals surface area contributed by atoms with Crippen molar-refractivity contribution in [1.82, 2.24) is 5.32 Å². The highest BCUT2D eigenvalue weighted by Gasteiger charge is 2.17. The summed E-state index contributed by atoms with van der Waals surface area (Å²) in [7, 11) is -3.35.